The first-order valence-corrected chi connectivity index (χ1v) is 10.8. The highest BCUT2D eigenvalue weighted by Crippen LogP contribution is 2.41. The Kier molecular flexibility index (Phi) is 5.59. The van der Waals surface area contributed by atoms with Crippen molar-refractivity contribution in [1.29, 1.82) is 0 Å². The van der Waals surface area contributed by atoms with E-state index in [1.807, 2.05) is 55.8 Å². The number of nitrogens with zero attached hydrogens (tertiary/aromatic N) is 3. The molecule has 1 aliphatic carbocycles. The summed E-state index contributed by atoms with van der Waals surface area (Å²) in [6.45, 7) is 8.03. The molecule has 0 bridgehead atoms. The number of likely N-dealkylation sites (tertiary alicyclic amines) is 1. The van der Waals surface area contributed by atoms with Crippen molar-refractivity contribution < 1.29 is 4.79 Å². The van der Waals surface area contributed by atoms with Crippen molar-refractivity contribution in [3.63, 3.8) is 0 Å². The normalized spacial score (nSPS) is 23.3. The van der Waals surface area contributed by atoms with Crippen LogP contribution in [0.1, 0.15) is 50.4 Å². The van der Waals surface area contributed by atoms with Crippen LogP contribution in [0.3, 0.4) is 0 Å². The fourth-order valence-corrected chi connectivity index (χ4v) is 4.93. The van der Waals surface area contributed by atoms with Gasteiger partial charge in [-0.2, -0.15) is 5.10 Å². The maximum absolute atomic E-state index is 13.1. The number of rotatable bonds is 4. The molecule has 2 unspecified atom stereocenters. The van der Waals surface area contributed by atoms with Crippen molar-refractivity contribution in [3.05, 3.63) is 53.9 Å². The number of anilines is 1. The Morgan fingerprint density at radius 3 is 2.69 bits per heavy atom. The van der Waals surface area contributed by atoms with Crippen molar-refractivity contribution >= 4 is 11.6 Å². The molecule has 4 rings (SSSR count). The molecule has 1 amide bonds. The molecular formula is C24H32N4O. The van der Waals surface area contributed by atoms with Gasteiger partial charge in [-0.25, -0.2) is 4.68 Å². The molecule has 5 heteroatoms. The summed E-state index contributed by atoms with van der Waals surface area (Å²) in [5.41, 5.74) is 4.01. The molecule has 5 nitrogen and oxygen atoms in total. The number of carbonyl (C=O) groups excluding carboxylic acids is 1. The van der Waals surface area contributed by atoms with Gasteiger partial charge in [-0.15, -0.1) is 0 Å². The summed E-state index contributed by atoms with van der Waals surface area (Å²) in [6, 6.07) is 9.90. The fourth-order valence-electron chi connectivity index (χ4n) is 4.93. The molecule has 0 saturated carbocycles. The summed E-state index contributed by atoms with van der Waals surface area (Å²) in [5.74, 6) is 0.0622. The number of benzene rings is 1. The van der Waals surface area contributed by atoms with E-state index >= 15 is 0 Å². The van der Waals surface area contributed by atoms with Gasteiger partial charge >= 0.3 is 0 Å². The van der Waals surface area contributed by atoms with Crippen LogP contribution in [0.15, 0.2) is 42.5 Å². The molecule has 1 fully saturated rings. The molecule has 1 aromatic carbocycles. The molecule has 1 spiro atoms. The van der Waals surface area contributed by atoms with Crippen LogP contribution in [-0.2, 0) is 4.79 Å². The Morgan fingerprint density at radius 1 is 1.17 bits per heavy atom. The number of para-hydroxylation sites is 1. The SMILES string of the molecule is Cc1nn(-c2ccccc2)c(C)c1NC(=O)C(C)N1CCCC2(CC=CCC2)C1. The second-order valence-electron chi connectivity index (χ2n) is 8.75. The Morgan fingerprint density at radius 2 is 1.97 bits per heavy atom. The van der Waals surface area contributed by atoms with Gasteiger partial charge in [-0.1, -0.05) is 30.4 Å². The number of carbonyl (C=O) groups is 1. The van der Waals surface area contributed by atoms with E-state index < -0.39 is 0 Å². The lowest BCUT2D eigenvalue weighted by Gasteiger charge is -2.45. The van der Waals surface area contributed by atoms with Gasteiger partial charge < -0.3 is 5.32 Å². The van der Waals surface area contributed by atoms with E-state index in [1.54, 1.807) is 0 Å². The molecule has 2 heterocycles. The van der Waals surface area contributed by atoms with Crippen LogP contribution in [0.4, 0.5) is 5.69 Å². The predicted octanol–water partition coefficient (Wildman–Crippen LogP) is 4.64. The third kappa shape index (κ3) is 4.01. The second kappa shape index (κ2) is 8.15. The minimum absolute atomic E-state index is 0.0622. The summed E-state index contributed by atoms with van der Waals surface area (Å²) >= 11 is 0. The van der Waals surface area contributed by atoms with Crippen molar-refractivity contribution in [1.82, 2.24) is 14.7 Å². The predicted molar refractivity (Wildman–Crippen MR) is 117 cm³/mol. The zero-order valence-electron chi connectivity index (χ0n) is 17.8. The van der Waals surface area contributed by atoms with Gasteiger partial charge in [0.05, 0.1) is 28.8 Å². The van der Waals surface area contributed by atoms with Crippen molar-refractivity contribution in [3.8, 4) is 5.69 Å². The Hall–Kier alpha value is -2.40. The third-order valence-electron chi connectivity index (χ3n) is 6.72. The number of allylic oxidation sites excluding steroid dienone is 2. The summed E-state index contributed by atoms with van der Waals surface area (Å²) in [5, 5.41) is 7.83. The Bertz CT molecular complexity index is 901. The first-order chi connectivity index (χ1) is 14.0. The molecule has 1 saturated heterocycles. The molecule has 2 aromatic rings. The average Bonchev–Trinajstić information content (AvgIpc) is 3.02. The molecule has 154 valence electrons. The highest BCUT2D eigenvalue weighted by atomic mass is 16.2. The second-order valence-corrected chi connectivity index (χ2v) is 8.75. The zero-order valence-corrected chi connectivity index (χ0v) is 17.8. The minimum atomic E-state index is -0.142. The van der Waals surface area contributed by atoms with Crippen LogP contribution in [0.5, 0.6) is 0 Å². The Balaban J connectivity index is 1.48. The van der Waals surface area contributed by atoms with E-state index in [-0.39, 0.29) is 11.9 Å². The maximum Gasteiger partial charge on any atom is 0.241 e. The van der Waals surface area contributed by atoms with E-state index in [1.165, 1.54) is 25.7 Å². The fraction of sp³-hybridized carbons (Fsp3) is 0.500. The number of amides is 1. The lowest BCUT2D eigenvalue weighted by Crippen LogP contribution is -2.51. The smallest absolute Gasteiger partial charge is 0.241 e. The van der Waals surface area contributed by atoms with Gasteiger partial charge in [0, 0.05) is 6.54 Å². The molecule has 2 atom stereocenters. The minimum Gasteiger partial charge on any atom is -0.322 e. The third-order valence-corrected chi connectivity index (χ3v) is 6.72. The van der Waals surface area contributed by atoms with Gasteiger partial charge in [0.15, 0.2) is 0 Å². The summed E-state index contributed by atoms with van der Waals surface area (Å²) < 4.78 is 1.90. The van der Waals surface area contributed by atoms with Gasteiger partial charge in [0.25, 0.3) is 0 Å². The molecule has 1 aromatic heterocycles. The van der Waals surface area contributed by atoms with Crippen molar-refractivity contribution in [2.24, 2.45) is 5.41 Å². The molecule has 1 N–H and O–H groups in total. The standard InChI is InChI=1S/C24H32N4O/c1-18-22(19(2)28(26-18)21-11-6-4-7-12-21)25-23(29)20(3)27-16-10-15-24(17-27)13-8-5-9-14-24/h4-8,11-12,20H,9-10,13-17H2,1-3H3,(H,25,29). The number of aromatic nitrogens is 2. The monoisotopic (exact) mass is 392 g/mol. The topological polar surface area (TPSA) is 50.2 Å². The average molecular weight is 393 g/mol. The van der Waals surface area contributed by atoms with Crippen LogP contribution in [-0.4, -0.2) is 39.7 Å². The van der Waals surface area contributed by atoms with Crippen LogP contribution >= 0.6 is 0 Å². The lowest BCUT2D eigenvalue weighted by atomic mass is 9.71. The van der Waals surface area contributed by atoms with Gasteiger partial charge in [-0.3, -0.25) is 9.69 Å². The van der Waals surface area contributed by atoms with Crippen molar-refractivity contribution in [2.45, 2.75) is 58.9 Å². The molecule has 2 aliphatic rings. The van der Waals surface area contributed by atoms with E-state index in [9.17, 15) is 4.79 Å². The van der Waals surface area contributed by atoms with E-state index in [4.69, 9.17) is 0 Å². The zero-order chi connectivity index (χ0) is 20.4. The van der Waals surface area contributed by atoms with Crippen LogP contribution in [0, 0.1) is 19.3 Å². The highest BCUT2D eigenvalue weighted by Gasteiger charge is 2.38. The van der Waals surface area contributed by atoms with Gasteiger partial charge in [0.2, 0.25) is 5.91 Å². The number of piperidine rings is 1. The highest BCUT2D eigenvalue weighted by molar-refractivity contribution is 5.95. The van der Waals surface area contributed by atoms with Crippen LogP contribution in [0.2, 0.25) is 0 Å². The summed E-state index contributed by atoms with van der Waals surface area (Å²) in [6.07, 6.45) is 10.7. The van der Waals surface area contributed by atoms with Gasteiger partial charge in [-0.05, 0) is 77.0 Å². The molecule has 29 heavy (non-hydrogen) atoms. The number of hydrogen-bond donors (Lipinski definition) is 1. The largest absolute Gasteiger partial charge is 0.322 e. The van der Waals surface area contributed by atoms with E-state index in [0.717, 1.165) is 42.3 Å². The van der Waals surface area contributed by atoms with Crippen LogP contribution < -0.4 is 5.32 Å². The lowest BCUT2D eigenvalue weighted by molar-refractivity contribution is -0.122. The molecule has 1 aliphatic heterocycles. The quantitative estimate of drug-likeness (QED) is 0.771. The Labute approximate surface area is 173 Å². The van der Waals surface area contributed by atoms with E-state index in [0.29, 0.717) is 5.41 Å². The summed E-state index contributed by atoms with van der Waals surface area (Å²) in [4.78, 5) is 15.5. The van der Waals surface area contributed by atoms with Gasteiger partial charge in [0.1, 0.15) is 0 Å². The number of nitrogens with one attached hydrogen (secondary N) is 1. The number of aryl methyl sites for hydroxylation is 1. The van der Waals surface area contributed by atoms with E-state index in [2.05, 4.69) is 27.5 Å². The molecule has 0 radical (unpaired) electrons. The number of hydrogen-bond acceptors (Lipinski definition) is 3. The van der Waals surface area contributed by atoms with Crippen LogP contribution in [0.25, 0.3) is 5.69 Å². The first-order valence-electron chi connectivity index (χ1n) is 10.8. The first kappa shape index (κ1) is 19.9. The van der Waals surface area contributed by atoms with Crippen molar-refractivity contribution in [2.75, 3.05) is 18.4 Å². The molecular weight excluding hydrogens is 360 g/mol. The maximum atomic E-state index is 13.1. The summed E-state index contributed by atoms with van der Waals surface area (Å²) in [7, 11) is 0.